The maximum atomic E-state index is 12.4. The van der Waals surface area contributed by atoms with Crippen molar-refractivity contribution in [3.63, 3.8) is 0 Å². The number of aromatic nitrogens is 1. The highest BCUT2D eigenvalue weighted by atomic mass is 16.5. The Labute approximate surface area is 129 Å². The van der Waals surface area contributed by atoms with Crippen molar-refractivity contribution in [1.82, 2.24) is 4.98 Å². The fourth-order valence-corrected chi connectivity index (χ4v) is 2.73. The summed E-state index contributed by atoms with van der Waals surface area (Å²) >= 11 is 0. The van der Waals surface area contributed by atoms with Crippen molar-refractivity contribution in [3.05, 3.63) is 65.0 Å². The van der Waals surface area contributed by atoms with Crippen molar-refractivity contribution in [1.29, 1.82) is 0 Å². The fourth-order valence-electron chi connectivity index (χ4n) is 2.73. The molecule has 2 aromatic rings. The van der Waals surface area contributed by atoms with Crippen molar-refractivity contribution >= 4 is 11.8 Å². The Balaban J connectivity index is 1.71. The SMILES string of the molecule is C[C@@H](OC(=O)c1ccncc1)C(=O)c1ccc2c(c1)CCC2. The number of rotatable bonds is 4. The molecule has 1 aliphatic rings. The van der Waals surface area contributed by atoms with Gasteiger partial charge in [-0.15, -0.1) is 0 Å². The number of Topliss-reactive ketones (excluding diaryl/α,β-unsaturated/α-hetero) is 1. The predicted octanol–water partition coefficient (Wildman–Crippen LogP) is 3.00. The summed E-state index contributed by atoms with van der Waals surface area (Å²) in [5.41, 5.74) is 3.55. The average Bonchev–Trinajstić information content (AvgIpc) is 3.02. The van der Waals surface area contributed by atoms with Gasteiger partial charge in [-0.05, 0) is 55.5 Å². The van der Waals surface area contributed by atoms with E-state index in [9.17, 15) is 9.59 Å². The molecular weight excluding hydrogens is 278 g/mol. The first-order chi connectivity index (χ1) is 10.6. The summed E-state index contributed by atoms with van der Waals surface area (Å²) in [6.07, 6.45) is 5.46. The third-order valence-corrected chi connectivity index (χ3v) is 3.95. The van der Waals surface area contributed by atoms with E-state index in [1.807, 2.05) is 18.2 Å². The first-order valence-corrected chi connectivity index (χ1v) is 7.42. The first kappa shape index (κ1) is 14.4. The number of benzene rings is 1. The summed E-state index contributed by atoms with van der Waals surface area (Å²) in [5.74, 6) is -0.679. The lowest BCUT2D eigenvalue weighted by molar-refractivity contribution is 0.0318. The molecule has 3 rings (SSSR count). The number of ether oxygens (including phenoxy) is 1. The van der Waals surface area contributed by atoms with Gasteiger partial charge in [-0.25, -0.2) is 4.79 Å². The molecule has 1 atom stereocenters. The molecule has 1 aliphatic carbocycles. The van der Waals surface area contributed by atoms with Crippen molar-refractivity contribution in [2.45, 2.75) is 32.3 Å². The molecule has 0 unspecified atom stereocenters. The predicted molar refractivity (Wildman–Crippen MR) is 81.9 cm³/mol. The van der Waals surface area contributed by atoms with Crippen LogP contribution in [-0.2, 0) is 17.6 Å². The molecule has 0 spiro atoms. The van der Waals surface area contributed by atoms with Gasteiger partial charge in [0, 0.05) is 18.0 Å². The van der Waals surface area contributed by atoms with Crippen LogP contribution in [0.15, 0.2) is 42.7 Å². The third-order valence-electron chi connectivity index (χ3n) is 3.95. The van der Waals surface area contributed by atoms with E-state index in [2.05, 4.69) is 4.98 Å². The van der Waals surface area contributed by atoms with E-state index in [1.54, 1.807) is 19.1 Å². The summed E-state index contributed by atoms with van der Waals surface area (Å²) in [6.45, 7) is 1.61. The standard InChI is InChI=1S/C18H17NO3/c1-12(22-18(21)14-7-9-19-10-8-14)17(20)16-6-5-13-3-2-4-15(13)11-16/h5-12H,2-4H2,1H3/t12-/m1/s1. The van der Waals surface area contributed by atoms with Crippen LogP contribution in [0.3, 0.4) is 0 Å². The number of aryl methyl sites for hydroxylation is 2. The lowest BCUT2D eigenvalue weighted by Gasteiger charge is -2.13. The molecule has 112 valence electrons. The van der Waals surface area contributed by atoms with Gasteiger partial charge >= 0.3 is 5.97 Å². The topological polar surface area (TPSA) is 56.3 Å². The van der Waals surface area contributed by atoms with Crippen LogP contribution in [0, 0.1) is 0 Å². The van der Waals surface area contributed by atoms with Gasteiger partial charge in [-0.3, -0.25) is 9.78 Å². The molecule has 1 aromatic carbocycles. The molecule has 4 nitrogen and oxygen atoms in total. The molecule has 0 N–H and O–H groups in total. The molecule has 0 amide bonds. The largest absolute Gasteiger partial charge is 0.451 e. The zero-order valence-electron chi connectivity index (χ0n) is 12.4. The van der Waals surface area contributed by atoms with E-state index in [1.165, 1.54) is 23.5 Å². The van der Waals surface area contributed by atoms with Crippen molar-refractivity contribution in [3.8, 4) is 0 Å². The second-order valence-electron chi connectivity index (χ2n) is 5.48. The maximum Gasteiger partial charge on any atom is 0.338 e. The molecule has 22 heavy (non-hydrogen) atoms. The molecule has 0 radical (unpaired) electrons. The van der Waals surface area contributed by atoms with E-state index < -0.39 is 12.1 Å². The Kier molecular flexibility index (Phi) is 4.00. The van der Waals surface area contributed by atoms with E-state index in [-0.39, 0.29) is 5.78 Å². The number of carbonyl (C=O) groups is 2. The van der Waals surface area contributed by atoms with Crippen molar-refractivity contribution < 1.29 is 14.3 Å². The number of hydrogen-bond donors (Lipinski definition) is 0. The minimum atomic E-state index is -0.805. The second kappa shape index (κ2) is 6.10. The van der Waals surface area contributed by atoms with Gasteiger partial charge < -0.3 is 4.74 Å². The Hall–Kier alpha value is -2.49. The van der Waals surface area contributed by atoms with Crippen molar-refractivity contribution in [2.75, 3.05) is 0 Å². The molecule has 0 saturated carbocycles. The fraction of sp³-hybridized carbons (Fsp3) is 0.278. The molecule has 0 saturated heterocycles. The number of nitrogens with zero attached hydrogens (tertiary/aromatic N) is 1. The molecular formula is C18H17NO3. The molecule has 4 heteroatoms. The van der Waals surface area contributed by atoms with E-state index in [0.717, 1.165) is 19.3 Å². The van der Waals surface area contributed by atoms with Gasteiger partial charge in [-0.1, -0.05) is 12.1 Å². The number of fused-ring (bicyclic) bond motifs is 1. The first-order valence-electron chi connectivity index (χ1n) is 7.42. The van der Waals surface area contributed by atoms with Crippen LogP contribution in [0.5, 0.6) is 0 Å². The third kappa shape index (κ3) is 2.91. The summed E-state index contributed by atoms with van der Waals surface area (Å²) in [7, 11) is 0. The highest BCUT2D eigenvalue weighted by Gasteiger charge is 2.22. The highest BCUT2D eigenvalue weighted by molar-refractivity contribution is 6.01. The van der Waals surface area contributed by atoms with Crippen LogP contribution in [-0.4, -0.2) is 22.8 Å². The Morgan fingerprint density at radius 3 is 2.55 bits per heavy atom. The lowest BCUT2D eigenvalue weighted by Crippen LogP contribution is -2.24. The van der Waals surface area contributed by atoms with Crippen LogP contribution in [0.2, 0.25) is 0 Å². The molecule has 1 heterocycles. The van der Waals surface area contributed by atoms with Crippen LogP contribution >= 0.6 is 0 Å². The summed E-state index contributed by atoms with van der Waals surface area (Å²) in [4.78, 5) is 28.2. The summed E-state index contributed by atoms with van der Waals surface area (Å²) in [5, 5.41) is 0. The van der Waals surface area contributed by atoms with Gasteiger partial charge in [0.2, 0.25) is 5.78 Å². The number of hydrogen-bond acceptors (Lipinski definition) is 4. The molecule has 1 aromatic heterocycles. The highest BCUT2D eigenvalue weighted by Crippen LogP contribution is 2.23. The minimum absolute atomic E-state index is 0.169. The van der Waals surface area contributed by atoms with Crippen LogP contribution in [0.1, 0.15) is 45.2 Å². The van der Waals surface area contributed by atoms with Gasteiger partial charge in [0.1, 0.15) is 0 Å². The monoisotopic (exact) mass is 295 g/mol. The van der Waals surface area contributed by atoms with E-state index >= 15 is 0 Å². The zero-order chi connectivity index (χ0) is 15.5. The van der Waals surface area contributed by atoms with Gasteiger partial charge in [0.05, 0.1) is 5.56 Å². The Morgan fingerprint density at radius 1 is 1.05 bits per heavy atom. The van der Waals surface area contributed by atoms with Crippen LogP contribution < -0.4 is 0 Å². The maximum absolute atomic E-state index is 12.4. The molecule has 0 aliphatic heterocycles. The van der Waals surface area contributed by atoms with Gasteiger partial charge in [-0.2, -0.15) is 0 Å². The molecule has 0 bridgehead atoms. The molecule has 0 fully saturated rings. The van der Waals surface area contributed by atoms with Gasteiger partial charge in [0.15, 0.2) is 6.10 Å². The number of esters is 1. The van der Waals surface area contributed by atoms with Crippen molar-refractivity contribution in [2.24, 2.45) is 0 Å². The number of ketones is 1. The second-order valence-corrected chi connectivity index (χ2v) is 5.48. The van der Waals surface area contributed by atoms with Crippen LogP contribution in [0.25, 0.3) is 0 Å². The Bertz CT molecular complexity index is 710. The quantitative estimate of drug-likeness (QED) is 0.642. The zero-order valence-corrected chi connectivity index (χ0v) is 12.4. The smallest absolute Gasteiger partial charge is 0.338 e. The van der Waals surface area contributed by atoms with Crippen LogP contribution in [0.4, 0.5) is 0 Å². The average molecular weight is 295 g/mol. The number of pyridine rings is 1. The minimum Gasteiger partial charge on any atom is -0.451 e. The normalized spacial score (nSPS) is 14.2. The summed E-state index contributed by atoms with van der Waals surface area (Å²) < 4.78 is 5.26. The summed E-state index contributed by atoms with van der Waals surface area (Å²) in [6, 6.07) is 8.89. The Morgan fingerprint density at radius 2 is 1.77 bits per heavy atom. The lowest BCUT2D eigenvalue weighted by atomic mass is 10.0. The van der Waals surface area contributed by atoms with E-state index in [0.29, 0.717) is 11.1 Å². The number of carbonyl (C=O) groups excluding carboxylic acids is 2. The van der Waals surface area contributed by atoms with Gasteiger partial charge in [0.25, 0.3) is 0 Å². The van der Waals surface area contributed by atoms with E-state index in [4.69, 9.17) is 4.74 Å².